The van der Waals surface area contributed by atoms with Gasteiger partial charge in [-0.1, -0.05) is 13.8 Å². The summed E-state index contributed by atoms with van der Waals surface area (Å²) in [6, 6.07) is 1.70. The number of nitro groups is 1. The number of nitrogens with one attached hydrogen (secondary N) is 1. The molecule has 0 bridgehead atoms. The lowest BCUT2D eigenvalue weighted by Crippen LogP contribution is -2.22. The highest BCUT2D eigenvalue weighted by molar-refractivity contribution is 9.10. The highest BCUT2D eigenvalue weighted by Crippen LogP contribution is 2.25. The molecule has 16 heavy (non-hydrogen) atoms. The lowest BCUT2D eigenvalue weighted by Gasteiger charge is -2.18. The molecule has 1 unspecified atom stereocenters. The number of rotatable bonds is 4. The van der Waals surface area contributed by atoms with Crippen molar-refractivity contribution in [1.29, 1.82) is 0 Å². The predicted molar refractivity (Wildman–Crippen MR) is 66.5 cm³/mol. The molecule has 0 radical (unpaired) electrons. The fraction of sp³-hybridized carbons (Fsp3) is 0.500. The minimum Gasteiger partial charge on any atom is -0.366 e. The monoisotopic (exact) mass is 287 g/mol. The van der Waals surface area contributed by atoms with E-state index in [0.29, 0.717) is 16.2 Å². The summed E-state index contributed by atoms with van der Waals surface area (Å²) >= 11 is 3.26. The lowest BCUT2D eigenvalue weighted by atomic mass is 10.1. The zero-order chi connectivity index (χ0) is 12.3. The van der Waals surface area contributed by atoms with Crippen molar-refractivity contribution in [3.63, 3.8) is 0 Å². The molecule has 0 aromatic carbocycles. The van der Waals surface area contributed by atoms with Gasteiger partial charge in [0.2, 0.25) is 0 Å². The number of hydrogen-bond donors (Lipinski definition) is 1. The minimum absolute atomic E-state index is 0.0189. The molecule has 0 aliphatic rings. The van der Waals surface area contributed by atoms with Crippen molar-refractivity contribution in [3.8, 4) is 0 Å². The summed E-state index contributed by atoms with van der Waals surface area (Å²) in [7, 11) is 0. The topological polar surface area (TPSA) is 68.1 Å². The maximum absolute atomic E-state index is 10.5. The molecular weight excluding hydrogens is 274 g/mol. The van der Waals surface area contributed by atoms with Crippen LogP contribution in [0.4, 0.5) is 11.5 Å². The Hall–Kier alpha value is -1.17. The maximum atomic E-state index is 10.5. The van der Waals surface area contributed by atoms with E-state index in [4.69, 9.17) is 0 Å². The third-order valence-corrected chi connectivity index (χ3v) is 3.01. The second-order valence-corrected chi connectivity index (χ2v) is 4.81. The van der Waals surface area contributed by atoms with Crippen LogP contribution in [0.1, 0.15) is 20.8 Å². The highest BCUT2D eigenvalue weighted by atomic mass is 79.9. The second-order valence-electron chi connectivity index (χ2n) is 3.96. The van der Waals surface area contributed by atoms with Crippen LogP contribution in [0.2, 0.25) is 0 Å². The van der Waals surface area contributed by atoms with E-state index >= 15 is 0 Å². The number of hydrogen-bond acceptors (Lipinski definition) is 4. The van der Waals surface area contributed by atoms with E-state index in [2.05, 4.69) is 40.1 Å². The highest BCUT2D eigenvalue weighted by Gasteiger charge is 2.13. The third kappa shape index (κ3) is 3.16. The van der Waals surface area contributed by atoms with Gasteiger partial charge in [-0.15, -0.1) is 0 Å². The van der Waals surface area contributed by atoms with Crippen molar-refractivity contribution >= 4 is 27.4 Å². The van der Waals surface area contributed by atoms with Gasteiger partial charge >= 0.3 is 0 Å². The van der Waals surface area contributed by atoms with E-state index < -0.39 is 4.92 Å². The SMILES string of the molecule is CC(C)C(C)Nc1ncc([N+](=O)[O-])cc1Br. The van der Waals surface area contributed by atoms with E-state index in [1.165, 1.54) is 12.3 Å². The molecule has 1 rings (SSSR count). The summed E-state index contributed by atoms with van der Waals surface area (Å²) in [5.41, 5.74) is -0.0189. The molecular formula is C10H14BrN3O2. The van der Waals surface area contributed by atoms with Crippen LogP contribution in [0, 0.1) is 16.0 Å². The summed E-state index contributed by atoms with van der Waals surface area (Å²) in [6.07, 6.45) is 1.25. The zero-order valence-corrected chi connectivity index (χ0v) is 11.0. The van der Waals surface area contributed by atoms with Crippen LogP contribution >= 0.6 is 15.9 Å². The van der Waals surface area contributed by atoms with Crippen LogP contribution in [0.3, 0.4) is 0 Å². The van der Waals surface area contributed by atoms with Crippen molar-refractivity contribution in [2.24, 2.45) is 5.92 Å². The molecule has 1 N–H and O–H groups in total. The minimum atomic E-state index is -0.465. The first-order chi connectivity index (χ1) is 7.41. The first-order valence-electron chi connectivity index (χ1n) is 4.98. The first-order valence-corrected chi connectivity index (χ1v) is 5.77. The molecule has 0 amide bonds. The quantitative estimate of drug-likeness (QED) is 0.682. The zero-order valence-electron chi connectivity index (χ0n) is 9.40. The number of nitrogens with zero attached hydrogens (tertiary/aromatic N) is 2. The van der Waals surface area contributed by atoms with E-state index in [0.717, 1.165) is 0 Å². The Morgan fingerprint density at radius 3 is 2.56 bits per heavy atom. The molecule has 0 aliphatic heterocycles. The lowest BCUT2D eigenvalue weighted by molar-refractivity contribution is -0.385. The van der Waals surface area contributed by atoms with E-state index in [-0.39, 0.29) is 11.7 Å². The maximum Gasteiger partial charge on any atom is 0.288 e. The molecule has 0 fully saturated rings. The molecule has 0 saturated heterocycles. The van der Waals surface area contributed by atoms with Crippen LogP contribution < -0.4 is 5.32 Å². The van der Waals surface area contributed by atoms with E-state index in [9.17, 15) is 10.1 Å². The molecule has 88 valence electrons. The van der Waals surface area contributed by atoms with Crippen LogP contribution in [-0.2, 0) is 0 Å². The van der Waals surface area contributed by atoms with Crippen LogP contribution in [0.5, 0.6) is 0 Å². The average Bonchev–Trinajstić information content (AvgIpc) is 2.20. The van der Waals surface area contributed by atoms with Gasteiger partial charge in [0, 0.05) is 12.1 Å². The molecule has 1 aromatic heterocycles. The van der Waals surface area contributed by atoms with Gasteiger partial charge in [-0.05, 0) is 28.8 Å². The summed E-state index contributed by atoms with van der Waals surface area (Å²) < 4.78 is 0.606. The summed E-state index contributed by atoms with van der Waals surface area (Å²) in [5.74, 6) is 1.09. The molecule has 1 atom stereocenters. The Labute approximate surface area is 103 Å². The number of anilines is 1. The standard InChI is InChI=1S/C10H14BrN3O2/c1-6(2)7(3)13-10-9(11)4-8(5-12-10)14(15)16/h4-7H,1-3H3,(H,12,13). The van der Waals surface area contributed by atoms with Gasteiger partial charge in [0.1, 0.15) is 12.0 Å². The molecule has 5 nitrogen and oxygen atoms in total. The van der Waals surface area contributed by atoms with E-state index in [1.54, 1.807) is 0 Å². The Kier molecular flexibility index (Phi) is 4.23. The summed E-state index contributed by atoms with van der Waals surface area (Å²) in [4.78, 5) is 14.1. The third-order valence-electron chi connectivity index (χ3n) is 2.40. The molecule has 0 saturated carbocycles. The molecule has 0 aliphatic carbocycles. The number of pyridine rings is 1. The van der Waals surface area contributed by atoms with Gasteiger partial charge in [-0.2, -0.15) is 0 Å². The summed E-state index contributed by atoms with van der Waals surface area (Å²) in [5, 5.41) is 13.7. The Balaban J connectivity index is 2.87. The normalized spacial score (nSPS) is 12.6. The van der Waals surface area contributed by atoms with Gasteiger partial charge in [-0.3, -0.25) is 10.1 Å². The molecule has 1 heterocycles. The first kappa shape index (κ1) is 12.9. The van der Waals surface area contributed by atoms with Crippen molar-refractivity contribution < 1.29 is 4.92 Å². The second kappa shape index (κ2) is 5.25. The van der Waals surface area contributed by atoms with Crippen molar-refractivity contribution in [3.05, 3.63) is 26.9 Å². The van der Waals surface area contributed by atoms with E-state index in [1.807, 2.05) is 6.92 Å². The Morgan fingerprint density at radius 1 is 1.50 bits per heavy atom. The smallest absolute Gasteiger partial charge is 0.288 e. The van der Waals surface area contributed by atoms with Gasteiger partial charge in [0.15, 0.2) is 0 Å². The molecule has 0 spiro atoms. The predicted octanol–water partition coefficient (Wildman–Crippen LogP) is 3.21. The van der Waals surface area contributed by atoms with Gasteiger partial charge in [-0.25, -0.2) is 4.98 Å². The van der Waals surface area contributed by atoms with Crippen LogP contribution in [0.15, 0.2) is 16.7 Å². The van der Waals surface area contributed by atoms with Crippen LogP contribution in [0.25, 0.3) is 0 Å². The summed E-state index contributed by atoms with van der Waals surface area (Å²) in [6.45, 7) is 6.23. The van der Waals surface area contributed by atoms with Gasteiger partial charge < -0.3 is 5.32 Å². The van der Waals surface area contributed by atoms with Crippen molar-refractivity contribution in [2.45, 2.75) is 26.8 Å². The fourth-order valence-electron chi connectivity index (χ4n) is 1.02. The average molecular weight is 288 g/mol. The fourth-order valence-corrected chi connectivity index (χ4v) is 1.47. The molecule has 1 aromatic rings. The number of aromatic nitrogens is 1. The Bertz CT molecular complexity index is 396. The Morgan fingerprint density at radius 2 is 2.12 bits per heavy atom. The van der Waals surface area contributed by atoms with Gasteiger partial charge in [0.25, 0.3) is 5.69 Å². The largest absolute Gasteiger partial charge is 0.366 e. The van der Waals surface area contributed by atoms with Crippen molar-refractivity contribution in [1.82, 2.24) is 4.98 Å². The number of halogens is 1. The van der Waals surface area contributed by atoms with Crippen molar-refractivity contribution in [2.75, 3.05) is 5.32 Å². The van der Waals surface area contributed by atoms with Gasteiger partial charge in [0.05, 0.1) is 9.40 Å². The van der Waals surface area contributed by atoms with Crippen LogP contribution in [-0.4, -0.2) is 15.9 Å². The molecule has 6 heteroatoms.